The van der Waals surface area contributed by atoms with Gasteiger partial charge >= 0.3 is 0 Å². The molecule has 0 radical (unpaired) electrons. The van der Waals surface area contributed by atoms with Gasteiger partial charge in [-0.05, 0) is 52.4 Å². The molecule has 0 bridgehead atoms. The van der Waals surface area contributed by atoms with Crippen LogP contribution in [-0.4, -0.2) is 58.6 Å². The zero-order chi connectivity index (χ0) is 22.2. The molecule has 2 saturated heterocycles. The highest BCUT2D eigenvalue weighted by molar-refractivity contribution is 5.91. The lowest BCUT2D eigenvalue weighted by Gasteiger charge is -2.60. The molecule has 5 fully saturated rings. The lowest BCUT2D eigenvalue weighted by Crippen LogP contribution is -2.68. The number of ketones is 2. The molecule has 6 aliphatic rings. The van der Waals surface area contributed by atoms with Gasteiger partial charge in [0.2, 0.25) is 0 Å². The second kappa shape index (κ2) is 5.66. The van der Waals surface area contributed by atoms with Crippen molar-refractivity contribution in [1.29, 1.82) is 0 Å². The normalized spacial score (nSPS) is 56.0. The summed E-state index contributed by atoms with van der Waals surface area (Å²) in [6, 6.07) is 0. The van der Waals surface area contributed by atoms with Crippen LogP contribution in [-0.2, 0) is 23.8 Å². The lowest BCUT2D eigenvalue weighted by molar-refractivity contribution is -0.233. The molecule has 6 rings (SSSR count). The van der Waals surface area contributed by atoms with Crippen LogP contribution in [0.2, 0.25) is 0 Å². The van der Waals surface area contributed by atoms with Crippen LogP contribution in [0.3, 0.4) is 0 Å². The number of carbonyl (C=O) groups excluding carboxylic acids is 2. The number of carbonyl (C=O) groups is 2. The summed E-state index contributed by atoms with van der Waals surface area (Å²) in [5.74, 6) is -1.97. The maximum Gasteiger partial charge on any atom is 0.193 e. The number of hydrogen-bond donors (Lipinski definition) is 1. The molecular weight excluding hydrogens is 403 g/mol. The third kappa shape index (κ3) is 1.97. The molecule has 170 valence electrons. The van der Waals surface area contributed by atoms with Crippen molar-refractivity contribution >= 4 is 11.6 Å². The van der Waals surface area contributed by atoms with E-state index in [4.69, 9.17) is 14.2 Å². The molecule has 0 amide bonds. The van der Waals surface area contributed by atoms with E-state index < -0.39 is 58.6 Å². The second-order valence-corrected chi connectivity index (χ2v) is 11.4. The van der Waals surface area contributed by atoms with Gasteiger partial charge in [-0.15, -0.1) is 0 Å². The van der Waals surface area contributed by atoms with Crippen LogP contribution >= 0.6 is 0 Å². The van der Waals surface area contributed by atoms with Crippen LogP contribution in [0.4, 0.5) is 4.39 Å². The molecule has 0 spiro atoms. The van der Waals surface area contributed by atoms with E-state index in [-0.39, 0.29) is 24.0 Å². The summed E-state index contributed by atoms with van der Waals surface area (Å²) in [5, 5.41) is 9.88. The minimum absolute atomic E-state index is 0.0609. The molecule has 0 aromatic heterocycles. The molecule has 6 nitrogen and oxygen atoms in total. The number of fused-ring (bicyclic) bond motifs is 4. The van der Waals surface area contributed by atoms with E-state index in [2.05, 4.69) is 0 Å². The molecule has 1 N–H and O–H groups in total. The Morgan fingerprint density at radius 2 is 1.97 bits per heavy atom. The summed E-state index contributed by atoms with van der Waals surface area (Å²) < 4.78 is 36.2. The van der Waals surface area contributed by atoms with E-state index in [1.54, 1.807) is 13.8 Å². The first kappa shape index (κ1) is 20.5. The van der Waals surface area contributed by atoms with Gasteiger partial charge in [-0.3, -0.25) is 9.59 Å². The minimum Gasteiger partial charge on any atom is -0.388 e. The van der Waals surface area contributed by atoms with Crippen LogP contribution in [0, 0.1) is 22.7 Å². The molecule has 0 aromatic rings. The zero-order valence-electron chi connectivity index (χ0n) is 18.6. The van der Waals surface area contributed by atoms with E-state index in [0.29, 0.717) is 19.3 Å². The van der Waals surface area contributed by atoms with Crippen molar-refractivity contribution in [1.82, 2.24) is 0 Å². The van der Waals surface area contributed by atoms with Gasteiger partial charge in [0.05, 0.1) is 17.6 Å². The highest BCUT2D eigenvalue weighted by atomic mass is 19.1. The third-order valence-corrected chi connectivity index (χ3v) is 9.94. The fourth-order valence-corrected chi connectivity index (χ4v) is 8.82. The Morgan fingerprint density at radius 1 is 1.23 bits per heavy atom. The number of Topliss-reactive ketones (excluding diaryl/α,β-unsaturated/α-hetero) is 2. The SMILES string of the molecule is CC1(C)O[C@@H]2C[C@H]3[C@@H]4CCC5=CCC(=O)[C@H]6O[C@@H](C[C@]3(C)[C@]2(C(=O)CO)O1)[C@]4(F)[C@@]56C. The highest BCUT2D eigenvalue weighted by Crippen LogP contribution is 2.75. The highest BCUT2D eigenvalue weighted by Gasteiger charge is 2.83. The van der Waals surface area contributed by atoms with Gasteiger partial charge in [0.25, 0.3) is 0 Å². The van der Waals surface area contributed by atoms with Crippen LogP contribution in [0.25, 0.3) is 0 Å². The molecule has 2 heterocycles. The average molecular weight is 435 g/mol. The fourth-order valence-electron chi connectivity index (χ4n) is 8.82. The maximum absolute atomic E-state index is 17.4. The van der Waals surface area contributed by atoms with Gasteiger partial charge in [-0.25, -0.2) is 4.39 Å². The predicted molar refractivity (Wildman–Crippen MR) is 107 cm³/mol. The van der Waals surface area contributed by atoms with Gasteiger partial charge in [0.15, 0.2) is 28.6 Å². The van der Waals surface area contributed by atoms with Gasteiger partial charge in [0.1, 0.15) is 12.7 Å². The molecule has 0 aromatic carbocycles. The van der Waals surface area contributed by atoms with Crippen molar-refractivity contribution in [2.45, 2.75) is 95.2 Å². The lowest BCUT2D eigenvalue weighted by atomic mass is 9.44. The number of alkyl halides is 1. The standard InChI is InChI=1S/C24H31FO6/c1-20(2)30-17-9-14-13-7-5-12-6-8-15(27)19-22(12,4)23(13,25)18(29-19)10-21(14,3)24(17,31-20)16(28)11-26/h6,13-14,17-19,26H,5,7-11H2,1-4H3/t13-,14-,17+,18-,19+,21-,22-,23-,24+/m0/s1. The summed E-state index contributed by atoms with van der Waals surface area (Å²) in [5.41, 5.74) is -3.71. The van der Waals surface area contributed by atoms with Crippen molar-refractivity contribution in [3.05, 3.63) is 11.6 Å². The summed E-state index contributed by atoms with van der Waals surface area (Å²) in [7, 11) is 0. The second-order valence-electron chi connectivity index (χ2n) is 11.4. The van der Waals surface area contributed by atoms with Crippen molar-refractivity contribution < 1.29 is 33.3 Å². The Kier molecular flexibility index (Phi) is 3.74. The number of rotatable bonds is 2. The molecule has 3 saturated carbocycles. The van der Waals surface area contributed by atoms with E-state index in [1.165, 1.54) is 0 Å². The predicted octanol–water partition coefficient (Wildman–Crippen LogP) is 2.66. The maximum atomic E-state index is 17.4. The first-order valence-corrected chi connectivity index (χ1v) is 11.5. The summed E-state index contributed by atoms with van der Waals surface area (Å²) in [4.78, 5) is 26.0. The van der Waals surface area contributed by atoms with Crippen molar-refractivity contribution in [3.8, 4) is 0 Å². The van der Waals surface area contributed by atoms with Crippen LogP contribution in [0.5, 0.6) is 0 Å². The van der Waals surface area contributed by atoms with Gasteiger partial charge in [-0.1, -0.05) is 18.6 Å². The van der Waals surface area contributed by atoms with Crippen molar-refractivity contribution in [2.75, 3.05) is 6.61 Å². The number of hydrogen-bond acceptors (Lipinski definition) is 6. The first-order valence-electron chi connectivity index (χ1n) is 11.5. The van der Waals surface area contributed by atoms with Gasteiger partial charge in [-0.2, -0.15) is 0 Å². The Balaban J connectivity index is 1.52. The third-order valence-electron chi connectivity index (χ3n) is 9.94. The quantitative estimate of drug-likeness (QED) is 0.673. The Morgan fingerprint density at radius 3 is 2.68 bits per heavy atom. The molecule has 2 aliphatic heterocycles. The first-order chi connectivity index (χ1) is 14.5. The average Bonchev–Trinajstić information content (AvgIpc) is 3.20. The minimum atomic E-state index is -1.67. The number of allylic oxidation sites excluding steroid dienone is 1. The van der Waals surface area contributed by atoms with E-state index in [1.807, 2.05) is 19.9 Å². The smallest absolute Gasteiger partial charge is 0.193 e. The molecular formula is C24H31FO6. The molecule has 31 heavy (non-hydrogen) atoms. The Hall–Kier alpha value is -1.15. The van der Waals surface area contributed by atoms with Crippen LogP contribution < -0.4 is 0 Å². The van der Waals surface area contributed by atoms with E-state index in [9.17, 15) is 14.7 Å². The van der Waals surface area contributed by atoms with Gasteiger partial charge in [0, 0.05) is 17.8 Å². The topological polar surface area (TPSA) is 82.1 Å². The summed E-state index contributed by atoms with van der Waals surface area (Å²) >= 11 is 0. The number of halogens is 1. The monoisotopic (exact) mass is 434 g/mol. The van der Waals surface area contributed by atoms with E-state index >= 15 is 4.39 Å². The van der Waals surface area contributed by atoms with Gasteiger partial charge < -0.3 is 19.3 Å². The fraction of sp³-hybridized carbons (Fsp3) is 0.833. The Labute approximate surface area is 181 Å². The largest absolute Gasteiger partial charge is 0.388 e. The molecule has 9 atom stereocenters. The van der Waals surface area contributed by atoms with E-state index in [0.717, 1.165) is 12.0 Å². The Bertz CT molecular complexity index is 929. The molecule has 7 heteroatoms. The number of aliphatic hydroxyl groups excluding tert-OH is 1. The van der Waals surface area contributed by atoms with Crippen LogP contribution in [0.15, 0.2) is 11.6 Å². The van der Waals surface area contributed by atoms with Crippen LogP contribution in [0.1, 0.15) is 59.8 Å². The van der Waals surface area contributed by atoms with Crippen molar-refractivity contribution in [2.24, 2.45) is 22.7 Å². The zero-order valence-corrected chi connectivity index (χ0v) is 18.6. The number of aliphatic hydroxyl groups is 1. The number of ether oxygens (including phenoxy) is 3. The summed E-state index contributed by atoms with van der Waals surface area (Å²) in [6.07, 6.45) is 2.26. The molecule has 0 unspecified atom stereocenters. The van der Waals surface area contributed by atoms with Crippen molar-refractivity contribution in [3.63, 3.8) is 0 Å². The summed E-state index contributed by atoms with van der Waals surface area (Å²) in [6.45, 7) is 6.75. The molecule has 4 aliphatic carbocycles.